The summed E-state index contributed by atoms with van der Waals surface area (Å²) in [5, 5.41) is 1.08. The summed E-state index contributed by atoms with van der Waals surface area (Å²) in [7, 11) is 1.42. The summed E-state index contributed by atoms with van der Waals surface area (Å²) in [6.45, 7) is 7.42. The number of rotatable bonds is 6. The molecule has 5 heteroatoms. The Kier molecular flexibility index (Phi) is 6.60. The summed E-state index contributed by atoms with van der Waals surface area (Å²) in [4.78, 5) is 13.4. The van der Waals surface area contributed by atoms with E-state index in [1.165, 1.54) is 7.11 Å². The molecule has 0 aliphatic heterocycles. The normalized spacial score (nSPS) is 22.8. The lowest BCUT2D eigenvalue weighted by molar-refractivity contribution is -0.0280. The number of carbonyl (C=O) groups is 1. The van der Waals surface area contributed by atoms with Gasteiger partial charge in [0.2, 0.25) is 0 Å². The van der Waals surface area contributed by atoms with Crippen LogP contribution in [0.3, 0.4) is 0 Å². The largest absolute Gasteiger partial charge is 0.453 e. The van der Waals surface area contributed by atoms with Gasteiger partial charge in [-0.2, -0.15) is 0 Å². The Morgan fingerprint density at radius 1 is 1.37 bits per heavy atom. The first-order valence-corrected chi connectivity index (χ1v) is 8.03. The average molecular weight is 336 g/mol. The van der Waals surface area contributed by atoms with Gasteiger partial charge in [0.15, 0.2) is 0 Å². The second-order valence-electron chi connectivity index (χ2n) is 6.13. The van der Waals surface area contributed by atoms with Crippen LogP contribution in [0.4, 0.5) is 4.79 Å². The molecule has 4 nitrogen and oxygen atoms in total. The molecule has 0 saturated heterocycles. The van der Waals surface area contributed by atoms with Crippen LogP contribution in [0.1, 0.15) is 40.0 Å². The van der Waals surface area contributed by atoms with E-state index in [0.717, 1.165) is 30.5 Å². The van der Waals surface area contributed by atoms with Gasteiger partial charge >= 0.3 is 6.09 Å². The highest BCUT2D eigenvalue weighted by molar-refractivity contribution is 9.09. The molecule has 0 bridgehead atoms. The number of amides is 1. The smallest absolute Gasteiger partial charge is 0.409 e. The van der Waals surface area contributed by atoms with Crippen LogP contribution in [0.5, 0.6) is 0 Å². The van der Waals surface area contributed by atoms with Crippen molar-refractivity contribution >= 4 is 22.0 Å². The summed E-state index contributed by atoms with van der Waals surface area (Å²) in [5.41, 5.74) is -0.218. The van der Waals surface area contributed by atoms with Crippen molar-refractivity contribution in [2.75, 3.05) is 25.6 Å². The maximum atomic E-state index is 11.7. The summed E-state index contributed by atoms with van der Waals surface area (Å²) in [6.07, 6.45) is 3.32. The van der Waals surface area contributed by atoms with Crippen molar-refractivity contribution in [1.82, 2.24) is 4.90 Å². The number of carbonyl (C=O) groups excluding carboxylic acids is 1. The highest BCUT2D eigenvalue weighted by Crippen LogP contribution is 2.31. The molecule has 0 atom stereocenters. The van der Waals surface area contributed by atoms with E-state index in [1.54, 1.807) is 4.90 Å². The molecule has 19 heavy (non-hydrogen) atoms. The van der Waals surface area contributed by atoms with Crippen LogP contribution >= 0.6 is 15.9 Å². The zero-order chi connectivity index (χ0) is 14.5. The van der Waals surface area contributed by atoms with E-state index in [1.807, 2.05) is 20.8 Å². The second-order valence-corrected chi connectivity index (χ2v) is 6.78. The molecule has 1 aliphatic rings. The van der Waals surface area contributed by atoms with E-state index in [-0.39, 0.29) is 11.6 Å². The third kappa shape index (κ3) is 5.30. The molecule has 0 heterocycles. The maximum Gasteiger partial charge on any atom is 0.409 e. The van der Waals surface area contributed by atoms with Crippen molar-refractivity contribution in [1.29, 1.82) is 0 Å². The Hall–Kier alpha value is -0.290. The van der Waals surface area contributed by atoms with Gasteiger partial charge in [-0.25, -0.2) is 4.79 Å². The lowest BCUT2D eigenvalue weighted by Crippen LogP contribution is -2.46. The van der Waals surface area contributed by atoms with Gasteiger partial charge in [0.1, 0.15) is 0 Å². The molecule has 0 radical (unpaired) electrons. The van der Waals surface area contributed by atoms with Crippen LogP contribution in [-0.2, 0) is 9.47 Å². The van der Waals surface area contributed by atoms with Crippen molar-refractivity contribution < 1.29 is 14.3 Å². The zero-order valence-corrected chi connectivity index (χ0v) is 14.0. The van der Waals surface area contributed by atoms with Crippen LogP contribution in [-0.4, -0.2) is 48.2 Å². The SMILES string of the molecule is COC(=O)N(CCCOC1CC(CBr)C1)C(C)(C)C. The minimum atomic E-state index is -0.268. The second kappa shape index (κ2) is 7.48. The first kappa shape index (κ1) is 16.8. The van der Waals surface area contributed by atoms with Crippen molar-refractivity contribution in [3.05, 3.63) is 0 Å². The molecule has 1 rings (SSSR count). The van der Waals surface area contributed by atoms with Gasteiger partial charge in [0, 0.05) is 24.0 Å². The van der Waals surface area contributed by atoms with Crippen molar-refractivity contribution in [3.8, 4) is 0 Å². The highest BCUT2D eigenvalue weighted by atomic mass is 79.9. The molecule has 1 saturated carbocycles. The summed E-state index contributed by atoms with van der Waals surface area (Å²) in [5.74, 6) is 0.783. The van der Waals surface area contributed by atoms with E-state index in [4.69, 9.17) is 9.47 Å². The molecule has 0 unspecified atom stereocenters. The molecule has 0 spiro atoms. The fourth-order valence-corrected chi connectivity index (χ4v) is 2.75. The van der Waals surface area contributed by atoms with Gasteiger partial charge in [-0.15, -0.1) is 0 Å². The molecule has 112 valence electrons. The predicted molar refractivity (Wildman–Crippen MR) is 79.7 cm³/mol. The van der Waals surface area contributed by atoms with E-state index in [0.29, 0.717) is 19.3 Å². The number of hydrogen-bond donors (Lipinski definition) is 0. The van der Waals surface area contributed by atoms with Gasteiger partial charge in [0.25, 0.3) is 0 Å². The lowest BCUT2D eigenvalue weighted by Gasteiger charge is -2.36. The number of methoxy groups -OCH3 is 1. The number of nitrogens with zero attached hydrogens (tertiary/aromatic N) is 1. The third-order valence-electron chi connectivity index (χ3n) is 3.50. The number of alkyl halides is 1. The van der Waals surface area contributed by atoms with Crippen LogP contribution in [0.15, 0.2) is 0 Å². The van der Waals surface area contributed by atoms with Gasteiger partial charge in [-0.1, -0.05) is 15.9 Å². The molecular formula is C14H26BrNO3. The fraction of sp³-hybridized carbons (Fsp3) is 0.929. The summed E-state index contributed by atoms with van der Waals surface area (Å²) in [6, 6.07) is 0. The Bertz CT molecular complexity index is 285. The molecular weight excluding hydrogens is 310 g/mol. The fourth-order valence-electron chi connectivity index (χ4n) is 2.22. The molecule has 0 N–H and O–H groups in total. The van der Waals surface area contributed by atoms with E-state index in [9.17, 15) is 4.79 Å². The average Bonchev–Trinajstić information content (AvgIpc) is 2.28. The summed E-state index contributed by atoms with van der Waals surface area (Å²) >= 11 is 3.49. The Balaban J connectivity index is 2.20. The van der Waals surface area contributed by atoms with Gasteiger partial charge < -0.3 is 14.4 Å². The molecule has 1 amide bonds. The van der Waals surface area contributed by atoms with Crippen molar-refractivity contribution in [2.45, 2.75) is 51.7 Å². The Labute approximate surface area is 124 Å². The molecule has 0 aromatic carbocycles. The van der Waals surface area contributed by atoms with E-state index >= 15 is 0 Å². The van der Waals surface area contributed by atoms with E-state index < -0.39 is 0 Å². The van der Waals surface area contributed by atoms with Crippen molar-refractivity contribution in [2.24, 2.45) is 5.92 Å². The number of halogens is 1. The molecule has 1 fully saturated rings. The Morgan fingerprint density at radius 3 is 2.47 bits per heavy atom. The quantitative estimate of drug-likeness (QED) is 0.551. The first-order valence-electron chi connectivity index (χ1n) is 6.91. The minimum Gasteiger partial charge on any atom is -0.453 e. The minimum absolute atomic E-state index is 0.218. The molecule has 0 aromatic rings. The van der Waals surface area contributed by atoms with Crippen LogP contribution in [0.2, 0.25) is 0 Å². The standard InChI is InChI=1S/C14H26BrNO3/c1-14(2,3)16(13(17)18-4)6-5-7-19-12-8-11(9-12)10-15/h11-12H,5-10H2,1-4H3. The molecule has 1 aliphatic carbocycles. The first-order chi connectivity index (χ1) is 8.88. The maximum absolute atomic E-state index is 11.7. The van der Waals surface area contributed by atoms with Crippen LogP contribution < -0.4 is 0 Å². The third-order valence-corrected chi connectivity index (χ3v) is 4.41. The van der Waals surface area contributed by atoms with Crippen LogP contribution in [0, 0.1) is 5.92 Å². The van der Waals surface area contributed by atoms with Crippen LogP contribution in [0.25, 0.3) is 0 Å². The lowest BCUT2D eigenvalue weighted by atomic mass is 9.84. The van der Waals surface area contributed by atoms with Gasteiger partial charge in [0.05, 0.1) is 13.2 Å². The van der Waals surface area contributed by atoms with Crippen molar-refractivity contribution in [3.63, 3.8) is 0 Å². The number of hydrogen-bond acceptors (Lipinski definition) is 3. The Morgan fingerprint density at radius 2 is 2.00 bits per heavy atom. The summed E-state index contributed by atoms with van der Waals surface area (Å²) < 4.78 is 10.6. The highest BCUT2D eigenvalue weighted by Gasteiger charge is 2.29. The molecule has 0 aromatic heterocycles. The van der Waals surface area contributed by atoms with Gasteiger partial charge in [-0.05, 0) is 46.0 Å². The topological polar surface area (TPSA) is 38.8 Å². The number of ether oxygens (including phenoxy) is 2. The predicted octanol–water partition coefficient (Wildman–Crippen LogP) is 3.43. The monoisotopic (exact) mass is 335 g/mol. The van der Waals surface area contributed by atoms with Gasteiger partial charge in [-0.3, -0.25) is 0 Å². The van der Waals surface area contributed by atoms with E-state index in [2.05, 4.69) is 15.9 Å². The zero-order valence-electron chi connectivity index (χ0n) is 12.4.